The molecule has 108 valence electrons. The third-order valence-electron chi connectivity index (χ3n) is 3.16. The summed E-state index contributed by atoms with van der Waals surface area (Å²) in [4.78, 5) is 4.14. The van der Waals surface area contributed by atoms with Crippen molar-refractivity contribution in [2.45, 2.75) is 11.3 Å². The zero-order chi connectivity index (χ0) is 14.7. The normalized spacial score (nSPS) is 11.8. The fourth-order valence-corrected chi connectivity index (χ4v) is 3.11. The van der Waals surface area contributed by atoms with E-state index in [-0.39, 0.29) is 4.90 Å². The third-order valence-corrected chi connectivity index (χ3v) is 4.62. The van der Waals surface area contributed by atoms with Gasteiger partial charge in [-0.3, -0.25) is 0 Å². The standard InChI is InChI=1S/C15H14N2O3S/c18-21(19,17-9-8-12-4-2-1-3-5-12)13-6-7-14-15(10-13)20-11-16-14/h1-7,10-11,17H,8-9H2. The summed E-state index contributed by atoms with van der Waals surface area (Å²) in [6.07, 6.45) is 1.94. The van der Waals surface area contributed by atoms with Crippen molar-refractivity contribution in [3.05, 3.63) is 60.5 Å². The number of rotatable bonds is 5. The zero-order valence-corrected chi connectivity index (χ0v) is 12.0. The van der Waals surface area contributed by atoms with E-state index in [1.54, 1.807) is 6.07 Å². The van der Waals surface area contributed by atoms with E-state index in [4.69, 9.17) is 4.42 Å². The van der Waals surface area contributed by atoms with Gasteiger partial charge in [0.25, 0.3) is 0 Å². The van der Waals surface area contributed by atoms with Crippen LogP contribution in [0.5, 0.6) is 0 Å². The molecule has 0 amide bonds. The van der Waals surface area contributed by atoms with Crippen LogP contribution in [-0.4, -0.2) is 19.9 Å². The lowest BCUT2D eigenvalue weighted by molar-refractivity contribution is 0.579. The molecular formula is C15H14N2O3S. The van der Waals surface area contributed by atoms with Gasteiger partial charge in [-0.25, -0.2) is 18.1 Å². The van der Waals surface area contributed by atoms with Gasteiger partial charge in [-0.15, -0.1) is 0 Å². The number of benzene rings is 2. The molecule has 0 bridgehead atoms. The van der Waals surface area contributed by atoms with Gasteiger partial charge in [0.15, 0.2) is 12.0 Å². The molecule has 0 fully saturated rings. The number of nitrogens with one attached hydrogen (secondary N) is 1. The lowest BCUT2D eigenvalue weighted by Crippen LogP contribution is -2.25. The SMILES string of the molecule is O=S(=O)(NCCc1ccccc1)c1ccc2ncoc2c1. The van der Waals surface area contributed by atoms with E-state index in [9.17, 15) is 8.42 Å². The Balaban J connectivity index is 1.71. The molecule has 0 spiro atoms. The highest BCUT2D eigenvalue weighted by Crippen LogP contribution is 2.17. The smallest absolute Gasteiger partial charge is 0.240 e. The van der Waals surface area contributed by atoms with E-state index < -0.39 is 10.0 Å². The molecule has 1 N–H and O–H groups in total. The van der Waals surface area contributed by atoms with Crippen LogP contribution in [0.4, 0.5) is 0 Å². The largest absolute Gasteiger partial charge is 0.443 e. The Labute approximate surface area is 122 Å². The predicted molar refractivity (Wildman–Crippen MR) is 79.3 cm³/mol. The van der Waals surface area contributed by atoms with Gasteiger partial charge in [-0.1, -0.05) is 30.3 Å². The average Bonchev–Trinajstić information content (AvgIpc) is 2.95. The molecule has 2 aromatic carbocycles. The zero-order valence-electron chi connectivity index (χ0n) is 11.2. The monoisotopic (exact) mass is 302 g/mol. The molecule has 0 unspecified atom stereocenters. The van der Waals surface area contributed by atoms with Gasteiger partial charge < -0.3 is 4.42 Å². The molecule has 0 aliphatic heterocycles. The quantitative estimate of drug-likeness (QED) is 0.785. The van der Waals surface area contributed by atoms with E-state index in [0.717, 1.165) is 5.56 Å². The van der Waals surface area contributed by atoms with Crippen LogP contribution in [0.2, 0.25) is 0 Å². The molecule has 0 saturated carbocycles. The molecule has 1 aromatic heterocycles. The molecule has 0 aliphatic carbocycles. The Morgan fingerprint density at radius 2 is 1.90 bits per heavy atom. The van der Waals surface area contributed by atoms with Crippen molar-refractivity contribution in [2.75, 3.05) is 6.54 Å². The molecule has 0 radical (unpaired) electrons. The highest BCUT2D eigenvalue weighted by atomic mass is 32.2. The van der Waals surface area contributed by atoms with Crippen LogP contribution in [0.1, 0.15) is 5.56 Å². The van der Waals surface area contributed by atoms with E-state index in [2.05, 4.69) is 9.71 Å². The summed E-state index contributed by atoms with van der Waals surface area (Å²) in [5.41, 5.74) is 2.19. The number of fused-ring (bicyclic) bond motifs is 1. The molecule has 3 aromatic rings. The maximum Gasteiger partial charge on any atom is 0.240 e. The summed E-state index contributed by atoms with van der Waals surface area (Å²) >= 11 is 0. The summed E-state index contributed by atoms with van der Waals surface area (Å²) < 4.78 is 32.1. The number of hydrogen-bond donors (Lipinski definition) is 1. The molecule has 21 heavy (non-hydrogen) atoms. The fraction of sp³-hybridized carbons (Fsp3) is 0.133. The number of oxazole rings is 1. The lowest BCUT2D eigenvalue weighted by atomic mass is 10.2. The minimum atomic E-state index is -3.54. The Morgan fingerprint density at radius 1 is 1.10 bits per heavy atom. The maximum absolute atomic E-state index is 12.2. The van der Waals surface area contributed by atoms with Crippen LogP contribution < -0.4 is 4.72 Å². The molecule has 0 saturated heterocycles. The lowest BCUT2D eigenvalue weighted by Gasteiger charge is -2.06. The molecule has 1 heterocycles. The van der Waals surface area contributed by atoms with Gasteiger partial charge in [0.05, 0.1) is 4.90 Å². The predicted octanol–water partition coefficient (Wildman–Crippen LogP) is 2.35. The molecule has 0 aliphatic rings. The van der Waals surface area contributed by atoms with Crippen molar-refractivity contribution in [1.82, 2.24) is 9.71 Å². The van der Waals surface area contributed by atoms with Crippen molar-refractivity contribution < 1.29 is 12.8 Å². The van der Waals surface area contributed by atoms with E-state index in [1.165, 1.54) is 18.5 Å². The van der Waals surface area contributed by atoms with Crippen molar-refractivity contribution in [3.63, 3.8) is 0 Å². The van der Waals surface area contributed by atoms with E-state index >= 15 is 0 Å². The number of hydrogen-bond acceptors (Lipinski definition) is 4. The Hall–Kier alpha value is -2.18. The highest BCUT2D eigenvalue weighted by molar-refractivity contribution is 7.89. The summed E-state index contributed by atoms with van der Waals surface area (Å²) in [6, 6.07) is 14.4. The third kappa shape index (κ3) is 3.12. The molecular weight excluding hydrogens is 288 g/mol. The maximum atomic E-state index is 12.2. The van der Waals surface area contributed by atoms with Crippen LogP contribution in [0.15, 0.2) is 64.2 Å². The van der Waals surface area contributed by atoms with E-state index in [0.29, 0.717) is 24.1 Å². The summed E-state index contributed by atoms with van der Waals surface area (Å²) in [5, 5.41) is 0. The number of nitrogens with zero attached hydrogens (tertiary/aromatic N) is 1. The van der Waals surface area contributed by atoms with Crippen LogP contribution in [0.25, 0.3) is 11.1 Å². The first-order chi connectivity index (χ1) is 10.1. The van der Waals surface area contributed by atoms with Gasteiger partial charge in [0, 0.05) is 12.6 Å². The van der Waals surface area contributed by atoms with E-state index in [1.807, 2.05) is 30.3 Å². The van der Waals surface area contributed by atoms with Crippen molar-refractivity contribution in [2.24, 2.45) is 0 Å². The van der Waals surface area contributed by atoms with Gasteiger partial charge in [-0.2, -0.15) is 0 Å². The Morgan fingerprint density at radius 3 is 2.71 bits per heavy atom. The molecule has 6 heteroatoms. The summed E-state index contributed by atoms with van der Waals surface area (Å²) in [6.45, 7) is 0.348. The second-order valence-corrected chi connectivity index (χ2v) is 6.38. The summed E-state index contributed by atoms with van der Waals surface area (Å²) in [7, 11) is -3.54. The number of aromatic nitrogens is 1. The van der Waals surface area contributed by atoms with Crippen molar-refractivity contribution in [3.8, 4) is 0 Å². The fourth-order valence-electron chi connectivity index (χ4n) is 2.06. The number of sulfonamides is 1. The van der Waals surface area contributed by atoms with Crippen LogP contribution >= 0.6 is 0 Å². The second-order valence-electron chi connectivity index (χ2n) is 4.62. The van der Waals surface area contributed by atoms with Crippen molar-refractivity contribution >= 4 is 21.1 Å². The molecule has 5 nitrogen and oxygen atoms in total. The minimum Gasteiger partial charge on any atom is -0.443 e. The first-order valence-corrected chi connectivity index (χ1v) is 8.00. The first-order valence-electron chi connectivity index (χ1n) is 6.52. The van der Waals surface area contributed by atoms with Gasteiger partial charge in [0.1, 0.15) is 5.52 Å². The van der Waals surface area contributed by atoms with Crippen LogP contribution in [0.3, 0.4) is 0 Å². The van der Waals surface area contributed by atoms with Crippen LogP contribution in [-0.2, 0) is 16.4 Å². The van der Waals surface area contributed by atoms with Gasteiger partial charge >= 0.3 is 0 Å². The van der Waals surface area contributed by atoms with Crippen LogP contribution in [0, 0.1) is 0 Å². The second kappa shape index (κ2) is 5.67. The Kier molecular flexibility index (Phi) is 3.72. The van der Waals surface area contributed by atoms with Gasteiger partial charge in [-0.05, 0) is 24.1 Å². The summed E-state index contributed by atoms with van der Waals surface area (Å²) in [5.74, 6) is 0. The molecule has 3 rings (SSSR count). The minimum absolute atomic E-state index is 0.180. The average molecular weight is 302 g/mol. The van der Waals surface area contributed by atoms with Crippen molar-refractivity contribution in [1.29, 1.82) is 0 Å². The topological polar surface area (TPSA) is 72.2 Å². The highest BCUT2D eigenvalue weighted by Gasteiger charge is 2.14. The Bertz CT molecular complexity index is 841. The molecule has 0 atom stereocenters. The first kappa shape index (κ1) is 13.8. The van der Waals surface area contributed by atoms with Gasteiger partial charge in [0.2, 0.25) is 10.0 Å².